The van der Waals surface area contributed by atoms with Gasteiger partial charge in [0.15, 0.2) is 0 Å². The van der Waals surface area contributed by atoms with Gasteiger partial charge < -0.3 is 9.97 Å². The molecule has 275 valence electrons. The number of rotatable bonds is 4. The topological polar surface area (TPSA) is 25.8 Å². The maximum absolute atomic E-state index is 4.71. The molecule has 0 saturated carbocycles. The van der Waals surface area contributed by atoms with Crippen molar-refractivity contribution in [2.45, 2.75) is 13.8 Å². The van der Waals surface area contributed by atoms with Gasteiger partial charge >= 0.3 is 0 Å². The number of aryl methyl sites for hydroxylation is 2. The van der Waals surface area contributed by atoms with Crippen molar-refractivity contribution in [2.75, 3.05) is 0 Å². The second-order valence-corrected chi connectivity index (χ2v) is 14.1. The Hall–Kier alpha value is -6.51. The summed E-state index contributed by atoms with van der Waals surface area (Å²) in [5, 5.41) is 0. The summed E-state index contributed by atoms with van der Waals surface area (Å²) in [5.74, 6) is 0. The second-order valence-electron chi connectivity index (χ2n) is 14.1. The van der Waals surface area contributed by atoms with Crippen LogP contribution < -0.4 is 0 Å². The summed E-state index contributed by atoms with van der Waals surface area (Å²) in [6.07, 6.45) is 3.86. The molecule has 1 radical (unpaired) electrons. The van der Waals surface area contributed by atoms with Crippen molar-refractivity contribution in [3.05, 3.63) is 218 Å². The number of benzene rings is 7. The molecule has 0 N–H and O–H groups in total. The van der Waals surface area contributed by atoms with E-state index in [1.54, 1.807) is 0 Å². The van der Waals surface area contributed by atoms with Gasteiger partial charge in [-0.05, 0) is 104 Å². The van der Waals surface area contributed by atoms with Crippen LogP contribution in [-0.4, -0.2) is 9.97 Å². The van der Waals surface area contributed by atoms with E-state index in [0.29, 0.717) is 0 Å². The van der Waals surface area contributed by atoms with Crippen LogP contribution in [-0.2, 0) is 20.1 Å². The van der Waals surface area contributed by atoms with E-state index in [0.717, 1.165) is 28.1 Å². The summed E-state index contributed by atoms with van der Waals surface area (Å²) < 4.78 is 0. The van der Waals surface area contributed by atoms with Crippen molar-refractivity contribution in [3.8, 4) is 89.3 Å². The monoisotopic (exact) mass is 907 g/mol. The molecular formula is C54H38IrN2-2. The largest absolute Gasteiger partial charge is 0.304 e. The van der Waals surface area contributed by atoms with Crippen molar-refractivity contribution in [1.29, 1.82) is 0 Å². The number of nitrogens with zero attached hydrogens (tertiary/aromatic N) is 2. The molecule has 2 heterocycles. The van der Waals surface area contributed by atoms with Gasteiger partial charge in [0.05, 0.1) is 0 Å². The molecule has 9 aromatic rings. The van der Waals surface area contributed by atoms with E-state index >= 15 is 0 Å². The van der Waals surface area contributed by atoms with Crippen molar-refractivity contribution in [3.63, 3.8) is 0 Å². The molecule has 3 heteroatoms. The van der Waals surface area contributed by atoms with E-state index in [1.165, 1.54) is 72.3 Å². The van der Waals surface area contributed by atoms with Crippen LogP contribution in [0.25, 0.3) is 89.3 Å². The van der Waals surface area contributed by atoms with Gasteiger partial charge in [-0.25, -0.2) is 0 Å². The van der Waals surface area contributed by atoms with Gasteiger partial charge in [-0.3, -0.25) is 0 Å². The Labute approximate surface area is 349 Å². The molecule has 0 fully saturated rings. The number of fused-ring (bicyclic) bond motifs is 8. The van der Waals surface area contributed by atoms with Crippen LogP contribution in [0.15, 0.2) is 194 Å². The van der Waals surface area contributed by atoms with Crippen LogP contribution in [0.5, 0.6) is 0 Å². The minimum atomic E-state index is 0. The Kier molecular flexibility index (Phi) is 11.0. The van der Waals surface area contributed by atoms with Crippen molar-refractivity contribution in [2.24, 2.45) is 0 Å². The van der Waals surface area contributed by atoms with Gasteiger partial charge in [0.2, 0.25) is 0 Å². The van der Waals surface area contributed by atoms with Crippen molar-refractivity contribution >= 4 is 0 Å². The predicted molar refractivity (Wildman–Crippen MR) is 233 cm³/mol. The Morgan fingerprint density at radius 1 is 0.351 bits per heavy atom. The van der Waals surface area contributed by atoms with Gasteiger partial charge in [-0.1, -0.05) is 133 Å². The average Bonchev–Trinajstić information content (AvgIpc) is 3.27. The standard InChI is InChI=1S/C36H24N.C18H14N.Ir/c1-24-23-37-36(25-11-3-2-4-12-25)22-34(24)26-19-20-33-31-17-8-7-15-29(31)27-13-5-6-14-28(27)30-16-9-10-18-32(30)35(33)21-26;1-14-10-11-18(19-13-14)17-9-5-8-16(12-17)15-6-3-2-4-7-15;/h2-11,13-23H,1H3;2-8,10-13H,1H3;/q2*-1;. The van der Waals surface area contributed by atoms with E-state index in [-0.39, 0.29) is 20.1 Å². The van der Waals surface area contributed by atoms with E-state index in [9.17, 15) is 0 Å². The molecule has 2 nitrogen and oxygen atoms in total. The molecule has 0 spiro atoms. The maximum atomic E-state index is 4.71. The van der Waals surface area contributed by atoms with Gasteiger partial charge in [0, 0.05) is 32.5 Å². The van der Waals surface area contributed by atoms with Crippen LogP contribution in [0.4, 0.5) is 0 Å². The summed E-state index contributed by atoms with van der Waals surface area (Å²) >= 11 is 0. The summed E-state index contributed by atoms with van der Waals surface area (Å²) in [6.45, 7) is 4.18. The molecule has 57 heavy (non-hydrogen) atoms. The zero-order valence-corrected chi connectivity index (χ0v) is 34.1. The van der Waals surface area contributed by atoms with Crippen LogP contribution in [0.1, 0.15) is 11.1 Å². The van der Waals surface area contributed by atoms with Crippen molar-refractivity contribution < 1.29 is 20.1 Å². The first-order valence-corrected chi connectivity index (χ1v) is 19.0. The maximum Gasteiger partial charge on any atom is 0.0196 e. The Bertz CT molecular complexity index is 2800. The zero-order chi connectivity index (χ0) is 37.8. The molecule has 0 amide bonds. The summed E-state index contributed by atoms with van der Waals surface area (Å²) in [4.78, 5) is 9.16. The smallest absolute Gasteiger partial charge is 0.0196 e. The molecule has 2 aromatic heterocycles. The second kappa shape index (κ2) is 16.7. The van der Waals surface area contributed by atoms with Gasteiger partial charge in [0.1, 0.15) is 0 Å². The quantitative estimate of drug-likeness (QED) is 0.164. The first kappa shape index (κ1) is 37.4. The number of hydrogen-bond acceptors (Lipinski definition) is 2. The molecular weight excluding hydrogens is 869 g/mol. The number of aromatic nitrogens is 2. The third kappa shape index (κ3) is 7.69. The minimum Gasteiger partial charge on any atom is -0.304 e. The van der Waals surface area contributed by atoms with Crippen LogP contribution in [0, 0.1) is 26.0 Å². The number of pyridine rings is 2. The Balaban J connectivity index is 0.000000192. The molecule has 7 aromatic carbocycles. The fraction of sp³-hybridized carbons (Fsp3) is 0.0370. The number of hydrogen-bond donors (Lipinski definition) is 0. The van der Waals surface area contributed by atoms with E-state index < -0.39 is 0 Å². The fourth-order valence-electron chi connectivity index (χ4n) is 7.61. The fourth-order valence-corrected chi connectivity index (χ4v) is 7.61. The van der Waals surface area contributed by atoms with Gasteiger partial charge in [-0.2, -0.15) is 0 Å². The first-order chi connectivity index (χ1) is 27.6. The minimum absolute atomic E-state index is 0. The molecule has 1 aliphatic carbocycles. The van der Waals surface area contributed by atoms with Gasteiger partial charge in [-0.15, -0.1) is 71.3 Å². The van der Waals surface area contributed by atoms with Crippen LogP contribution in [0.3, 0.4) is 0 Å². The van der Waals surface area contributed by atoms with Crippen LogP contribution in [0.2, 0.25) is 0 Å². The van der Waals surface area contributed by atoms with Crippen LogP contribution >= 0.6 is 0 Å². The zero-order valence-electron chi connectivity index (χ0n) is 31.7. The Morgan fingerprint density at radius 2 is 0.912 bits per heavy atom. The molecule has 0 unspecified atom stereocenters. The molecule has 0 bridgehead atoms. The normalized spacial score (nSPS) is 10.8. The summed E-state index contributed by atoms with van der Waals surface area (Å²) in [7, 11) is 0. The molecule has 0 aliphatic heterocycles. The molecule has 0 saturated heterocycles. The Morgan fingerprint density at radius 3 is 1.51 bits per heavy atom. The SMILES string of the molecule is Cc1ccc(-c2[c-]ccc(-c3ccccc3)c2)nc1.Cc1cnc(-c2[c-]cccc2)cc1-c1ccc2c(c1)-c1ccccc1-c1ccccc1-c1ccccc1-2.[Ir]. The molecule has 0 atom stereocenters. The first-order valence-electron chi connectivity index (χ1n) is 19.0. The van der Waals surface area contributed by atoms with E-state index in [4.69, 9.17) is 4.98 Å². The third-order valence-corrected chi connectivity index (χ3v) is 10.5. The summed E-state index contributed by atoms with van der Waals surface area (Å²) in [6, 6.07) is 70.7. The third-order valence-electron chi connectivity index (χ3n) is 10.5. The summed E-state index contributed by atoms with van der Waals surface area (Å²) in [5.41, 5.74) is 21.1. The molecule has 10 rings (SSSR count). The average molecular weight is 907 g/mol. The van der Waals surface area contributed by atoms with Gasteiger partial charge in [0.25, 0.3) is 0 Å². The van der Waals surface area contributed by atoms with E-state index in [1.807, 2.05) is 55.7 Å². The van der Waals surface area contributed by atoms with Crippen molar-refractivity contribution in [1.82, 2.24) is 9.97 Å². The van der Waals surface area contributed by atoms with E-state index in [2.05, 4.69) is 170 Å². The molecule has 1 aliphatic rings. The predicted octanol–water partition coefficient (Wildman–Crippen LogP) is 14.0.